The summed E-state index contributed by atoms with van der Waals surface area (Å²) in [6.45, 7) is 5.57. The molecule has 10 heteroatoms. The third-order valence-electron chi connectivity index (χ3n) is 7.01. The summed E-state index contributed by atoms with van der Waals surface area (Å²) in [6, 6.07) is 17.5. The Morgan fingerprint density at radius 2 is 1.76 bits per heavy atom. The molecule has 6 rings (SSSR count). The average molecular weight is 555 g/mol. The van der Waals surface area contributed by atoms with Crippen molar-refractivity contribution in [1.29, 1.82) is 0 Å². The topological polar surface area (TPSA) is 133 Å². The summed E-state index contributed by atoms with van der Waals surface area (Å²) in [6.07, 6.45) is 5.01. The lowest BCUT2D eigenvalue weighted by atomic mass is 10.1. The highest BCUT2D eigenvalue weighted by Gasteiger charge is 2.25. The van der Waals surface area contributed by atoms with Crippen molar-refractivity contribution in [3.63, 3.8) is 0 Å². The molecule has 0 fully saturated rings. The number of nitrogens with zero attached hydrogens (tertiary/aromatic N) is 6. The van der Waals surface area contributed by atoms with E-state index < -0.39 is 11.9 Å². The van der Waals surface area contributed by atoms with E-state index in [1.54, 1.807) is 43.7 Å². The largest absolute Gasteiger partial charge is 0.381 e. The lowest BCUT2D eigenvalue weighted by Gasteiger charge is -2.20. The molecule has 0 radical (unpaired) electrons. The van der Waals surface area contributed by atoms with Crippen LogP contribution in [-0.4, -0.2) is 35.0 Å². The third-order valence-corrected chi connectivity index (χ3v) is 7.01. The summed E-state index contributed by atoms with van der Waals surface area (Å²) in [5, 5.41) is 7.60. The second-order valence-electron chi connectivity index (χ2n) is 9.86. The minimum atomic E-state index is -0.693. The lowest BCUT2D eigenvalue weighted by Crippen LogP contribution is -2.33. The molecule has 0 bridgehead atoms. The Kier molecular flexibility index (Phi) is 6.68. The van der Waals surface area contributed by atoms with Crippen molar-refractivity contribution in [1.82, 2.24) is 34.4 Å². The number of rotatable bonds is 4. The van der Waals surface area contributed by atoms with Crippen molar-refractivity contribution in [2.24, 2.45) is 0 Å². The molecule has 1 amide bonds. The van der Waals surface area contributed by atoms with Gasteiger partial charge in [0.25, 0.3) is 11.5 Å². The van der Waals surface area contributed by atoms with E-state index in [0.717, 1.165) is 16.8 Å². The Morgan fingerprint density at radius 1 is 0.976 bits per heavy atom. The number of carbonyl (C=O) groups is 1. The molecular weight excluding hydrogens is 528 g/mol. The van der Waals surface area contributed by atoms with Gasteiger partial charge in [-0.25, -0.2) is 14.5 Å². The summed E-state index contributed by atoms with van der Waals surface area (Å²) in [7, 11) is 0. The van der Waals surface area contributed by atoms with Crippen LogP contribution in [0.3, 0.4) is 0 Å². The maximum atomic E-state index is 14.2. The molecule has 0 aliphatic carbocycles. The van der Waals surface area contributed by atoms with E-state index in [1.807, 2.05) is 56.3 Å². The van der Waals surface area contributed by atoms with Gasteiger partial charge >= 0.3 is 0 Å². The zero-order valence-electron chi connectivity index (χ0n) is 23.2. The molecule has 3 N–H and O–H groups in total. The molecule has 0 aliphatic rings. The number of aryl methyl sites for hydroxylation is 2. The fourth-order valence-electron chi connectivity index (χ4n) is 4.83. The van der Waals surface area contributed by atoms with Crippen molar-refractivity contribution in [3.8, 4) is 17.5 Å². The number of pyridine rings is 1. The van der Waals surface area contributed by atoms with Gasteiger partial charge in [0, 0.05) is 35.4 Å². The molecular formula is C32H26N8O2. The summed E-state index contributed by atoms with van der Waals surface area (Å²) in [4.78, 5) is 41.1. The molecule has 2 aromatic carbocycles. The smallest absolute Gasteiger partial charge is 0.267 e. The standard InChI is InChI=1S/C32H26N8O2/c1-19-14-16-34-18-23(19)13-12-22-8-7-11-25-26(22)32(42)39(24-9-5-4-6-10-24)29(37-25)21(3)36-31(41)27-28(33)38-40-20(2)15-17-35-30(27)40/h4-11,14-18,21H,1-3H3,(H2,33,38)(H,36,41). The van der Waals surface area contributed by atoms with Crippen molar-refractivity contribution < 1.29 is 4.79 Å². The van der Waals surface area contributed by atoms with E-state index in [0.29, 0.717) is 33.6 Å². The molecule has 1 unspecified atom stereocenters. The fourth-order valence-corrected chi connectivity index (χ4v) is 4.83. The minimum Gasteiger partial charge on any atom is -0.381 e. The third kappa shape index (κ3) is 4.63. The molecule has 4 aromatic heterocycles. The van der Waals surface area contributed by atoms with Crippen molar-refractivity contribution >= 4 is 28.3 Å². The van der Waals surface area contributed by atoms with Gasteiger partial charge < -0.3 is 11.1 Å². The number of hydrogen-bond acceptors (Lipinski definition) is 7. The predicted octanol–water partition coefficient (Wildman–Crippen LogP) is 3.91. The first-order valence-corrected chi connectivity index (χ1v) is 13.3. The van der Waals surface area contributed by atoms with Crippen LogP contribution in [0.25, 0.3) is 22.2 Å². The Labute approximate surface area is 240 Å². The van der Waals surface area contributed by atoms with Crippen LogP contribution >= 0.6 is 0 Å². The van der Waals surface area contributed by atoms with Gasteiger partial charge in [-0.05, 0) is 62.7 Å². The molecule has 206 valence electrons. The number of benzene rings is 2. The summed E-state index contributed by atoms with van der Waals surface area (Å²) in [5.41, 5.74) is 10.5. The maximum Gasteiger partial charge on any atom is 0.267 e. The number of nitrogens with two attached hydrogens (primary N) is 1. The fraction of sp³-hybridized carbons (Fsp3) is 0.125. The number of carbonyl (C=O) groups excluding carboxylic acids is 1. The van der Waals surface area contributed by atoms with Crippen LogP contribution in [0.1, 0.15) is 51.5 Å². The zero-order chi connectivity index (χ0) is 29.4. The van der Waals surface area contributed by atoms with Crippen LogP contribution in [0.15, 0.2) is 84.0 Å². The van der Waals surface area contributed by atoms with E-state index >= 15 is 0 Å². The van der Waals surface area contributed by atoms with Crippen LogP contribution in [0.4, 0.5) is 5.82 Å². The minimum absolute atomic E-state index is 0.0560. The number of nitrogen functional groups attached to an aromatic ring is 1. The molecule has 0 saturated heterocycles. The zero-order valence-corrected chi connectivity index (χ0v) is 23.2. The summed E-state index contributed by atoms with van der Waals surface area (Å²) < 4.78 is 3.04. The van der Waals surface area contributed by atoms with Gasteiger partial charge in [-0.1, -0.05) is 36.1 Å². The van der Waals surface area contributed by atoms with E-state index in [1.165, 1.54) is 9.08 Å². The number of anilines is 1. The van der Waals surface area contributed by atoms with Gasteiger partial charge in [-0.3, -0.25) is 19.1 Å². The SMILES string of the molecule is Cc1ccncc1C#Cc1cccc2nc(C(C)NC(=O)c3c(N)nn4c(C)ccnc34)n(-c3ccccc3)c(=O)c12. The maximum absolute atomic E-state index is 14.2. The Balaban J connectivity index is 1.48. The van der Waals surface area contributed by atoms with E-state index in [9.17, 15) is 9.59 Å². The number of para-hydroxylation sites is 1. The monoisotopic (exact) mass is 554 g/mol. The number of hydrogen-bond donors (Lipinski definition) is 2. The van der Waals surface area contributed by atoms with Crippen LogP contribution in [-0.2, 0) is 0 Å². The van der Waals surface area contributed by atoms with Gasteiger partial charge in [0.15, 0.2) is 11.5 Å². The Bertz CT molecular complexity index is 2120. The van der Waals surface area contributed by atoms with Crippen LogP contribution in [0, 0.1) is 25.7 Å². The molecule has 4 heterocycles. The van der Waals surface area contributed by atoms with Crippen molar-refractivity contribution in [2.75, 3.05) is 5.73 Å². The normalized spacial score (nSPS) is 11.7. The molecule has 10 nitrogen and oxygen atoms in total. The Morgan fingerprint density at radius 3 is 2.55 bits per heavy atom. The second kappa shape index (κ2) is 10.6. The van der Waals surface area contributed by atoms with Crippen molar-refractivity contribution in [2.45, 2.75) is 26.8 Å². The first-order chi connectivity index (χ1) is 20.3. The van der Waals surface area contributed by atoms with Crippen LogP contribution in [0.5, 0.6) is 0 Å². The first-order valence-electron chi connectivity index (χ1n) is 13.3. The van der Waals surface area contributed by atoms with E-state index in [2.05, 4.69) is 32.2 Å². The second-order valence-corrected chi connectivity index (χ2v) is 9.86. The number of aromatic nitrogens is 6. The lowest BCUT2D eigenvalue weighted by molar-refractivity contribution is 0.0940. The van der Waals surface area contributed by atoms with Gasteiger partial charge in [-0.15, -0.1) is 5.10 Å². The molecule has 0 saturated carbocycles. The molecule has 0 aliphatic heterocycles. The van der Waals surface area contributed by atoms with Crippen molar-refractivity contribution in [3.05, 3.63) is 123 Å². The highest BCUT2D eigenvalue weighted by atomic mass is 16.2. The van der Waals surface area contributed by atoms with Crippen LogP contribution < -0.4 is 16.6 Å². The first kappa shape index (κ1) is 26.4. The number of fused-ring (bicyclic) bond motifs is 2. The van der Waals surface area contributed by atoms with E-state index in [4.69, 9.17) is 10.7 Å². The quantitative estimate of drug-likeness (QED) is 0.316. The molecule has 6 aromatic rings. The predicted molar refractivity (Wildman–Crippen MR) is 160 cm³/mol. The Hall–Kier alpha value is -5.82. The molecule has 0 spiro atoms. The highest BCUT2D eigenvalue weighted by Crippen LogP contribution is 2.22. The van der Waals surface area contributed by atoms with Crippen LogP contribution in [0.2, 0.25) is 0 Å². The number of amides is 1. The van der Waals surface area contributed by atoms with Gasteiger partial charge in [0.1, 0.15) is 11.4 Å². The number of nitrogens with one attached hydrogen (secondary N) is 1. The average Bonchev–Trinajstić information content (AvgIpc) is 3.34. The summed E-state index contributed by atoms with van der Waals surface area (Å²) in [5.74, 6) is 6.21. The van der Waals surface area contributed by atoms with Gasteiger partial charge in [0.05, 0.1) is 22.6 Å². The molecule has 42 heavy (non-hydrogen) atoms. The summed E-state index contributed by atoms with van der Waals surface area (Å²) >= 11 is 0. The van der Waals surface area contributed by atoms with Gasteiger partial charge in [0.2, 0.25) is 0 Å². The highest BCUT2D eigenvalue weighted by molar-refractivity contribution is 6.04. The van der Waals surface area contributed by atoms with E-state index in [-0.39, 0.29) is 16.9 Å². The molecule has 1 atom stereocenters. The van der Waals surface area contributed by atoms with Gasteiger partial charge in [-0.2, -0.15) is 0 Å².